The van der Waals surface area contributed by atoms with Crippen LogP contribution in [-0.4, -0.2) is 54.4 Å². The van der Waals surface area contributed by atoms with Crippen LogP contribution < -0.4 is 10.2 Å². The summed E-state index contributed by atoms with van der Waals surface area (Å²) < 4.78 is 33.1. The summed E-state index contributed by atoms with van der Waals surface area (Å²) in [6, 6.07) is 21.7. The molecule has 2 heterocycles. The third-order valence-corrected chi connectivity index (χ3v) is 10.3. The number of rotatable bonds is 11. The molecule has 1 aromatic heterocycles. The monoisotopic (exact) mass is 750 g/mol. The van der Waals surface area contributed by atoms with Gasteiger partial charge in [-0.05, 0) is 72.0 Å². The molecule has 3 aromatic carbocycles. The number of pyridine rings is 1. The van der Waals surface area contributed by atoms with Gasteiger partial charge in [-0.2, -0.15) is 0 Å². The Hall–Kier alpha value is -4.33. The van der Waals surface area contributed by atoms with E-state index in [9.17, 15) is 22.8 Å². The van der Waals surface area contributed by atoms with Gasteiger partial charge in [0.1, 0.15) is 13.2 Å². The Morgan fingerprint density at radius 1 is 0.922 bits per heavy atom. The SMILES string of the molecule is CS(=O)(=O)N[C@H]1CCCC[C@@H]1N1C(=O)c2ccccc2[C@@H](C(=O)NOCc2cc(COC(=O)c3ccccc3)ccn2)[C@@H]1c1ccc(Cl)cc1Cl. The fraction of sp³-hybridized carbons (Fsp3) is 0.297. The van der Waals surface area contributed by atoms with E-state index in [1.807, 2.05) is 6.07 Å². The number of hydrogen-bond donors (Lipinski definition) is 2. The number of hydroxylamine groups is 1. The average Bonchev–Trinajstić information content (AvgIpc) is 3.11. The number of sulfonamides is 1. The second kappa shape index (κ2) is 15.9. The summed E-state index contributed by atoms with van der Waals surface area (Å²) in [6.07, 6.45) is 5.21. The minimum atomic E-state index is -3.62. The summed E-state index contributed by atoms with van der Waals surface area (Å²) in [7, 11) is -3.62. The maximum absolute atomic E-state index is 14.4. The predicted octanol–water partition coefficient (Wildman–Crippen LogP) is 6.13. The third kappa shape index (κ3) is 8.59. The van der Waals surface area contributed by atoms with Crippen LogP contribution >= 0.6 is 23.2 Å². The van der Waals surface area contributed by atoms with Crippen molar-refractivity contribution < 1.29 is 32.4 Å². The van der Waals surface area contributed by atoms with Crippen LogP contribution in [0.4, 0.5) is 0 Å². The number of fused-ring (bicyclic) bond motifs is 1. The number of nitrogens with zero attached hydrogens (tertiary/aromatic N) is 2. The molecule has 11 nitrogen and oxygen atoms in total. The van der Waals surface area contributed by atoms with Gasteiger partial charge in [-0.3, -0.25) is 19.4 Å². The van der Waals surface area contributed by atoms with Gasteiger partial charge in [0.2, 0.25) is 10.0 Å². The number of benzene rings is 3. The highest BCUT2D eigenvalue weighted by Crippen LogP contribution is 2.48. The molecule has 51 heavy (non-hydrogen) atoms. The Morgan fingerprint density at radius 3 is 2.43 bits per heavy atom. The van der Waals surface area contributed by atoms with Gasteiger partial charge in [0.15, 0.2) is 0 Å². The van der Waals surface area contributed by atoms with Gasteiger partial charge in [0.05, 0.1) is 29.5 Å². The van der Waals surface area contributed by atoms with Crippen molar-refractivity contribution in [3.8, 4) is 0 Å². The molecular weight excluding hydrogens is 715 g/mol. The molecule has 1 aliphatic carbocycles. The molecule has 0 unspecified atom stereocenters. The van der Waals surface area contributed by atoms with Crippen LogP contribution in [0.1, 0.15) is 80.7 Å². The van der Waals surface area contributed by atoms with Crippen LogP contribution in [0.2, 0.25) is 10.0 Å². The van der Waals surface area contributed by atoms with Gasteiger partial charge in [-0.1, -0.05) is 78.5 Å². The van der Waals surface area contributed by atoms with Crippen LogP contribution in [0.5, 0.6) is 0 Å². The fourth-order valence-electron chi connectivity index (χ4n) is 6.88. The highest BCUT2D eigenvalue weighted by atomic mass is 35.5. The molecule has 1 fully saturated rings. The van der Waals surface area contributed by atoms with Gasteiger partial charge in [0.25, 0.3) is 11.8 Å². The standard InChI is InChI=1S/C37H36Cl2N4O7S/c1-51(47,48)42-31-13-7-8-14-32(31)43-34(29-16-15-25(38)20-30(29)39)33(27-11-5-6-12-28(27)36(43)45)35(44)41-50-22-26-19-23(17-18-40-26)21-49-37(46)24-9-3-2-4-10-24/h2-6,9-12,15-20,31-34,42H,7-8,13-14,21-22H2,1H3,(H,41,44)/t31-,32-,33+,34-/m0/s1. The second-order valence-electron chi connectivity index (χ2n) is 12.6. The molecule has 2 aliphatic rings. The molecule has 4 aromatic rings. The molecule has 2 N–H and O–H groups in total. The molecular formula is C37H36Cl2N4O7S. The van der Waals surface area contributed by atoms with Crippen molar-refractivity contribution in [2.75, 3.05) is 6.26 Å². The van der Waals surface area contributed by atoms with Crippen molar-refractivity contribution in [2.24, 2.45) is 0 Å². The number of hydrogen-bond acceptors (Lipinski definition) is 8. The molecule has 2 amide bonds. The Bertz CT molecular complexity index is 2030. The molecule has 1 aliphatic heterocycles. The molecule has 0 saturated heterocycles. The Morgan fingerprint density at radius 2 is 1.67 bits per heavy atom. The largest absolute Gasteiger partial charge is 0.457 e. The van der Waals surface area contributed by atoms with Crippen molar-refractivity contribution in [2.45, 2.75) is 62.9 Å². The third-order valence-electron chi connectivity index (χ3n) is 9.05. The number of carbonyl (C=O) groups excluding carboxylic acids is 3. The van der Waals surface area contributed by atoms with Crippen LogP contribution in [0, 0.1) is 0 Å². The number of nitrogens with one attached hydrogen (secondary N) is 2. The first kappa shape index (κ1) is 36.5. The maximum atomic E-state index is 14.4. The lowest BCUT2D eigenvalue weighted by molar-refractivity contribution is -0.138. The predicted molar refractivity (Wildman–Crippen MR) is 191 cm³/mol. The fourth-order valence-corrected chi connectivity index (χ4v) is 8.22. The molecule has 4 atom stereocenters. The number of aromatic nitrogens is 1. The van der Waals surface area contributed by atoms with Gasteiger partial charge >= 0.3 is 5.97 Å². The lowest BCUT2D eigenvalue weighted by atomic mass is 9.76. The van der Waals surface area contributed by atoms with E-state index in [0.717, 1.165) is 19.1 Å². The lowest BCUT2D eigenvalue weighted by Crippen LogP contribution is -2.59. The molecule has 6 rings (SSSR count). The smallest absolute Gasteiger partial charge is 0.338 e. The molecule has 14 heteroatoms. The van der Waals surface area contributed by atoms with E-state index in [-0.39, 0.29) is 24.1 Å². The number of halogens is 2. The zero-order valence-corrected chi connectivity index (χ0v) is 30.0. The van der Waals surface area contributed by atoms with Crippen LogP contribution in [0.3, 0.4) is 0 Å². The van der Waals surface area contributed by atoms with E-state index in [4.69, 9.17) is 32.8 Å². The first-order valence-electron chi connectivity index (χ1n) is 16.4. The van der Waals surface area contributed by atoms with E-state index >= 15 is 0 Å². The first-order valence-corrected chi connectivity index (χ1v) is 19.1. The van der Waals surface area contributed by atoms with Gasteiger partial charge in [-0.15, -0.1) is 0 Å². The number of amides is 2. The van der Waals surface area contributed by atoms with E-state index < -0.39 is 45.9 Å². The first-order chi connectivity index (χ1) is 24.5. The zero-order chi connectivity index (χ0) is 36.1. The van der Waals surface area contributed by atoms with Gasteiger partial charge < -0.3 is 9.64 Å². The summed E-state index contributed by atoms with van der Waals surface area (Å²) in [4.78, 5) is 52.8. The van der Waals surface area contributed by atoms with Crippen LogP contribution in [0.25, 0.3) is 0 Å². The summed E-state index contributed by atoms with van der Waals surface area (Å²) in [5.41, 5.74) is 5.43. The topological polar surface area (TPSA) is 144 Å². The summed E-state index contributed by atoms with van der Waals surface area (Å²) in [5.74, 6) is -2.35. The normalized spacial score (nSPS) is 20.4. The highest BCUT2D eigenvalue weighted by Gasteiger charge is 2.49. The van der Waals surface area contributed by atoms with Gasteiger partial charge in [0, 0.05) is 33.9 Å². The number of carbonyl (C=O) groups is 3. The van der Waals surface area contributed by atoms with E-state index in [2.05, 4.69) is 15.2 Å². The van der Waals surface area contributed by atoms with E-state index in [1.165, 1.54) is 0 Å². The Balaban J connectivity index is 1.27. The van der Waals surface area contributed by atoms with Gasteiger partial charge in [-0.25, -0.2) is 23.4 Å². The molecule has 1 saturated carbocycles. The highest BCUT2D eigenvalue weighted by molar-refractivity contribution is 7.88. The number of ether oxygens (including phenoxy) is 1. The van der Waals surface area contributed by atoms with Crippen molar-refractivity contribution >= 4 is 51.0 Å². The van der Waals surface area contributed by atoms with E-state index in [1.54, 1.807) is 90.0 Å². The molecule has 266 valence electrons. The number of esters is 1. The summed E-state index contributed by atoms with van der Waals surface area (Å²) in [5, 5.41) is 0.627. The molecule has 0 spiro atoms. The van der Waals surface area contributed by atoms with Crippen molar-refractivity contribution in [3.63, 3.8) is 0 Å². The van der Waals surface area contributed by atoms with Crippen LogP contribution in [0.15, 0.2) is 91.1 Å². The van der Waals surface area contributed by atoms with Crippen molar-refractivity contribution in [1.29, 1.82) is 0 Å². The zero-order valence-electron chi connectivity index (χ0n) is 27.6. The maximum Gasteiger partial charge on any atom is 0.338 e. The second-order valence-corrected chi connectivity index (χ2v) is 15.2. The quantitative estimate of drug-likeness (QED) is 0.138. The molecule has 0 bridgehead atoms. The Labute approximate surface area is 306 Å². The summed E-state index contributed by atoms with van der Waals surface area (Å²) in [6.45, 7) is -0.100. The Kier molecular flexibility index (Phi) is 11.4. The average molecular weight is 752 g/mol. The van der Waals surface area contributed by atoms with Crippen molar-refractivity contribution in [1.82, 2.24) is 20.1 Å². The summed E-state index contributed by atoms with van der Waals surface area (Å²) >= 11 is 13.1. The van der Waals surface area contributed by atoms with E-state index in [0.29, 0.717) is 51.4 Å². The lowest BCUT2D eigenvalue weighted by Gasteiger charge is -2.49. The van der Waals surface area contributed by atoms with Crippen molar-refractivity contribution in [3.05, 3.63) is 135 Å². The van der Waals surface area contributed by atoms with Crippen LogP contribution in [-0.2, 0) is 37.6 Å². The minimum absolute atomic E-state index is 0.0121. The molecule has 0 radical (unpaired) electrons. The minimum Gasteiger partial charge on any atom is -0.457 e.